The number of ether oxygens (including phenoxy) is 1. The van der Waals surface area contributed by atoms with Crippen LogP contribution in [0.1, 0.15) is 25.3 Å². The number of aromatic nitrogens is 2. The van der Waals surface area contributed by atoms with E-state index in [2.05, 4.69) is 9.97 Å². The van der Waals surface area contributed by atoms with Crippen LogP contribution in [0.15, 0.2) is 24.5 Å². The number of rotatable bonds is 4. The third-order valence-corrected chi connectivity index (χ3v) is 2.79. The van der Waals surface area contributed by atoms with E-state index in [-0.39, 0.29) is 29.1 Å². The molecule has 0 atom stereocenters. The zero-order valence-corrected chi connectivity index (χ0v) is 11.4. The minimum atomic E-state index is -0.851. The first-order chi connectivity index (χ1) is 9.90. The summed E-state index contributed by atoms with van der Waals surface area (Å²) in [7, 11) is 0. The highest BCUT2D eigenvalue weighted by atomic mass is 19.1. The fourth-order valence-electron chi connectivity index (χ4n) is 1.81. The number of nitro benzene ring substituents is 1. The predicted molar refractivity (Wildman–Crippen MR) is 73.7 cm³/mol. The zero-order valence-electron chi connectivity index (χ0n) is 11.4. The largest absolute Gasteiger partial charge is 0.435 e. The van der Waals surface area contributed by atoms with E-state index in [1.165, 1.54) is 12.4 Å². The smallest absolute Gasteiger partial charge is 0.272 e. The van der Waals surface area contributed by atoms with Crippen LogP contribution in [0.3, 0.4) is 0 Å². The van der Waals surface area contributed by atoms with Gasteiger partial charge in [0.15, 0.2) is 11.6 Å². The Morgan fingerprint density at radius 3 is 2.67 bits per heavy atom. The number of hydrogen-bond donors (Lipinski definition) is 1. The quantitative estimate of drug-likeness (QED) is 0.686. The first-order valence-electron chi connectivity index (χ1n) is 6.12. The lowest BCUT2D eigenvalue weighted by Gasteiger charge is -2.14. The molecule has 1 aromatic carbocycles. The molecule has 0 saturated carbocycles. The molecule has 0 fully saturated rings. The maximum absolute atomic E-state index is 13.8. The standard InChI is InChI=1S/C13H13FN4O3/c1-7(2)11-12(15)16-6-17-13(11)21-10-4-3-8(18(19)20)5-9(10)14/h3-7H,1-2H3,(H2,15,16,17). The number of nitrogens with two attached hydrogens (primary N) is 1. The molecule has 0 aliphatic rings. The third kappa shape index (κ3) is 3.04. The molecule has 21 heavy (non-hydrogen) atoms. The molecule has 0 bridgehead atoms. The van der Waals surface area contributed by atoms with E-state index in [1.54, 1.807) is 0 Å². The Balaban J connectivity index is 2.39. The fraction of sp³-hybridized carbons (Fsp3) is 0.231. The summed E-state index contributed by atoms with van der Waals surface area (Å²) < 4.78 is 19.2. The SMILES string of the molecule is CC(C)c1c(N)ncnc1Oc1ccc([N+](=O)[O-])cc1F. The summed E-state index contributed by atoms with van der Waals surface area (Å²) in [5.74, 6) is -0.665. The number of benzene rings is 1. The van der Waals surface area contributed by atoms with Crippen LogP contribution in [0.25, 0.3) is 0 Å². The van der Waals surface area contributed by atoms with Gasteiger partial charge in [0.1, 0.15) is 12.1 Å². The van der Waals surface area contributed by atoms with Crippen LogP contribution in [-0.4, -0.2) is 14.9 Å². The predicted octanol–water partition coefficient (Wildman–Crippen LogP) is 3.02. The molecular formula is C13H13FN4O3. The summed E-state index contributed by atoms with van der Waals surface area (Å²) >= 11 is 0. The molecular weight excluding hydrogens is 279 g/mol. The summed E-state index contributed by atoms with van der Waals surface area (Å²) in [4.78, 5) is 17.7. The van der Waals surface area contributed by atoms with Gasteiger partial charge in [-0.25, -0.2) is 14.4 Å². The van der Waals surface area contributed by atoms with Crippen molar-refractivity contribution in [3.8, 4) is 11.6 Å². The molecule has 1 aromatic heterocycles. The van der Waals surface area contributed by atoms with Crippen molar-refractivity contribution in [2.75, 3.05) is 5.73 Å². The Bertz CT molecular complexity index is 691. The van der Waals surface area contributed by atoms with Gasteiger partial charge in [0.05, 0.1) is 16.6 Å². The highest BCUT2D eigenvalue weighted by Crippen LogP contribution is 2.33. The summed E-state index contributed by atoms with van der Waals surface area (Å²) in [6, 6.07) is 3.11. The van der Waals surface area contributed by atoms with Crippen molar-refractivity contribution in [1.82, 2.24) is 9.97 Å². The van der Waals surface area contributed by atoms with Gasteiger partial charge in [-0.15, -0.1) is 0 Å². The van der Waals surface area contributed by atoms with Gasteiger partial charge in [-0.2, -0.15) is 0 Å². The molecule has 2 aromatic rings. The van der Waals surface area contributed by atoms with Gasteiger partial charge in [-0.05, 0) is 12.0 Å². The molecule has 7 nitrogen and oxygen atoms in total. The molecule has 1 heterocycles. The van der Waals surface area contributed by atoms with Crippen molar-refractivity contribution >= 4 is 11.5 Å². The Hall–Kier alpha value is -2.77. The van der Waals surface area contributed by atoms with Crippen molar-refractivity contribution in [2.45, 2.75) is 19.8 Å². The average molecular weight is 292 g/mol. The highest BCUT2D eigenvalue weighted by molar-refractivity contribution is 5.48. The third-order valence-electron chi connectivity index (χ3n) is 2.79. The maximum Gasteiger partial charge on any atom is 0.272 e. The molecule has 0 unspecified atom stereocenters. The number of non-ortho nitro benzene ring substituents is 1. The Morgan fingerprint density at radius 2 is 2.10 bits per heavy atom. The normalized spacial score (nSPS) is 10.7. The lowest BCUT2D eigenvalue weighted by molar-refractivity contribution is -0.385. The molecule has 0 aliphatic carbocycles. The summed E-state index contributed by atoms with van der Waals surface area (Å²) in [6.07, 6.45) is 1.21. The highest BCUT2D eigenvalue weighted by Gasteiger charge is 2.18. The van der Waals surface area contributed by atoms with E-state index < -0.39 is 10.7 Å². The van der Waals surface area contributed by atoms with Crippen molar-refractivity contribution in [3.05, 3.63) is 46.0 Å². The minimum absolute atomic E-state index is 0.0256. The van der Waals surface area contributed by atoms with Gasteiger partial charge in [0, 0.05) is 6.07 Å². The van der Waals surface area contributed by atoms with Gasteiger partial charge in [0.25, 0.3) is 5.69 Å². The lowest BCUT2D eigenvalue weighted by atomic mass is 10.1. The van der Waals surface area contributed by atoms with Crippen molar-refractivity contribution in [2.24, 2.45) is 0 Å². The number of nitro groups is 1. The molecule has 0 amide bonds. The van der Waals surface area contributed by atoms with E-state index in [0.29, 0.717) is 5.56 Å². The summed E-state index contributed by atoms with van der Waals surface area (Å²) in [5.41, 5.74) is 5.96. The molecule has 0 saturated heterocycles. The summed E-state index contributed by atoms with van der Waals surface area (Å²) in [5, 5.41) is 10.6. The second kappa shape index (κ2) is 5.70. The van der Waals surface area contributed by atoms with Crippen LogP contribution in [0.4, 0.5) is 15.9 Å². The van der Waals surface area contributed by atoms with E-state index >= 15 is 0 Å². The molecule has 0 aliphatic heterocycles. The zero-order chi connectivity index (χ0) is 15.6. The van der Waals surface area contributed by atoms with Gasteiger partial charge in [0.2, 0.25) is 5.88 Å². The first-order valence-corrected chi connectivity index (χ1v) is 6.12. The van der Waals surface area contributed by atoms with Gasteiger partial charge < -0.3 is 10.5 Å². The fourth-order valence-corrected chi connectivity index (χ4v) is 1.81. The molecule has 2 N–H and O–H groups in total. The molecule has 2 rings (SSSR count). The molecule has 8 heteroatoms. The van der Waals surface area contributed by atoms with Crippen LogP contribution in [0.5, 0.6) is 11.6 Å². The summed E-state index contributed by atoms with van der Waals surface area (Å²) in [6.45, 7) is 3.74. The Labute approximate surface area is 119 Å². The van der Waals surface area contributed by atoms with Crippen LogP contribution in [-0.2, 0) is 0 Å². The number of anilines is 1. The van der Waals surface area contributed by atoms with Crippen molar-refractivity contribution in [1.29, 1.82) is 0 Å². The molecule has 110 valence electrons. The van der Waals surface area contributed by atoms with Gasteiger partial charge >= 0.3 is 0 Å². The van der Waals surface area contributed by atoms with Crippen LogP contribution < -0.4 is 10.5 Å². The van der Waals surface area contributed by atoms with Crippen LogP contribution in [0.2, 0.25) is 0 Å². The van der Waals surface area contributed by atoms with E-state index in [4.69, 9.17) is 10.5 Å². The first kappa shape index (κ1) is 14.6. The Kier molecular flexibility index (Phi) is 3.97. The minimum Gasteiger partial charge on any atom is -0.435 e. The van der Waals surface area contributed by atoms with Gasteiger partial charge in [-0.3, -0.25) is 10.1 Å². The number of nitrogen functional groups attached to an aromatic ring is 1. The second-order valence-corrected chi connectivity index (χ2v) is 4.61. The lowest BCUT2D eigenvalue weighted by Crippen LogP contribution is -2.04. The second-order valence-electron chi connectivity index (χ2n) is 4.61. The monoisotopic (exact) mass is 292 g/mol. The molecule has 0 spiro atoms. The maximum atomic E-state index is 13.8. The van der Waals surface area contributed by atoms with Crippen LogP contribution in [0, 0.1) is 15.9 Å². The van der Waals surface area contributed by atoms with E-state index in [1.807, 2.05) is 13.8 Å². The molecule has 0 radical (unpaired) electrons. The number of hydrogen-bond acceptors (Lipinski definition) is 6. The number of nitrogens with zero attached hydrogens (tertiary/aromatic N) is 3. The van der Waals surface area contributed by atoms with E-state index in [9.17, 15) is 14.5 Å². The average Bonchev–Trinajstić information content (AvgIpc) is 2.40. The van der Waals surface area contributed by atoms with E-state index in [0.717, 1.165) is 12.1 Å². The Morgan fingerprint density at radius 1 is 1.38 bits per heavy atom. The topological polar surface area (TPSA) is 104 Å². The van der Waals surface area contributed by atoms with Gasteiger partial charge in [-0.1, -0.05) is 13.8 Å². The van der Waals surface area contributed by atoms with Crippen molar-refractivity contribution in [3.63, 3.8) is 0 Å². The van der Waals surface area contributed by atoms with Crippen molar-refractivity contribution < 1.29 is 14.1 Å². The number of halogens is 1. The van der Waals surface area contributed by atoms with Crippen LogP contribution >= 0.6 is 0 Å².